The third kappa shape index (κ3) is 2.68. The Morgan fingerprint density at radius 1 is 1.35 bits per heavy atom. The predicted molar refractivity (Wildman–Crippen MR) is 71.1 cm³/mol. The van der Waals surface area contributed by atoms with Crippen molar-refractivity contribution in [3.8, 4) is 0 Å². The van der Waals surface area contributed by atoms with E-state index in [1.165, 1.54) is 0 Å². The first kappa shape index (κ1) is 13.7. The van der Waals surface area contributed by atoms with Crippen molar-refractivity contribution in [2.45, 2.75) is 13.3 Å². The van der Waals surface area contributed by atoms with Crippen molar-refractivity contribution < 1.29 is 4.79 Å². The highest BCUT2D eigenvalue weighted by Gasteiger charge is 2.11. The van der Waals surface area contributed by atoms with Crippen LogP contribution in [0, 0.1) is 6.92 Å². The van der Waals surface area contributed by atoms with Crippen LogP contribution in [0.2, 0.25) is 0 Å². The zero-order chi connectivity index (χ0) is 11.7. The standard InChI is InChI=1S/C12H10ClNO2.ClH/c1-7-9(6-11(13)15)12(16)8-4-2-3-5-10(8)14-7;/h2-5H,6H2,1H3,(H,14,16);1H. The molecule has 3 nitrogen and oxygen atoms in total. The Kier molecular flexibility index (Phi) is 4.32. The second-order valence-electron chi connectivity index (χ2n) is 3.64. The Balaban J connectivity index is 0.00000144. The minimum absolute atomic E-state index is 0. The van der Waals surface area contributed by atoms with Gasteiger partial charge in [0.15, 0.2) is 5.43 Å². The Labute approximate surface area is 109 Å². The van der Waals surface area contributed by atoms with E-state index in [1.807, 2.05) is 12.1 Å². The van der Waals surface area contributed by atoms with Crippen LogP contribution in [0.15, 0.2) is 29.1 Å². The number of aryl methyl sites for hydroxylation is 1. The summed E-state index contributed by atoms with van der Waals surface area (Å²) >= 11 is 5.32. The van der Waals surface area contributed by atoms with Gasteiger partial charge < -0.3 is 4.98 Å². The molecule has 17 heavy (non-hydrogen) atoms. The van der Waals surface area contributed by atoms with Gasteiger partial charge in [-0.1, -0.05) is 12.1 Å². The number of pyridine rings is 1. The van der Waals surface area contributed by atoms with Crippen molar-refractivity contribution in [3.05, 3.63) is 45.7 Å². The Morgan fingerprint density at radius 3 is 2.65 bits per heavy atom. The molecule has 0 aliphatic rings. The number of hydrogen-bond acceptors (Lipinski definition) is 2. The number of H-pyrrole nitrogens is 1. The van der Waals surface area contributed by atoms with Crippen molar-refractivity contribution in [1.82, 2.24) is 4.98 Å². The van der Waals surface area contributed by atoms with Gasteiger partial charge in [0.05, 0.1) is 6.42 Å². The van der Waals surface area contributed by atoms with Gasteiger partial charge in [0.2, 0.25) is 5.24 Å². The van der Waals surface area contributed by atoms with E-state index < -0.39 is 5.24 Å². The van der Waals surface area contributed by atoms with Crippen LogP contribution in [0.25, 0.3) is 10.9 Å². The fraction of sp³-hybridized carbons (Fsp3) is 0.167. The molecular formula is C12H11Cl2NO2. The fourth-order valence-corrected chi connectivity index (χ4v) is 1.89. The molecule has 0 spiro atoms. The molecule has 0 aliphatic carbocycles. The van der Waals surface area contributed by atoms with Gasteiger partial charge >= 0.3 is 0 Å². The number of aromatic amines is 1. The van der Waals surface area contributed by atoms with Crippen LogP contribution in [-0.2, 0) is 11.2 Å². The van der Waals surface area contributed by atoms with Crippen LogP contribution in [0.5, 0.6) is 0 Å². The molecule has 0 atom stereocenters. The molecule has 0 radical (unpaired) electrons. The normalized spacial score (nSPS) is 10.0. The average Bonchev–Trinajstić information content (AvgIpc) is 2.24. The Morgan fingerprint density at radius 2 is 2.00 bits per heavy atom. The number of rotatable bonds is 2. The highest BCUT2D eigenvalue weighted by atomic mass is 35.5. The van der Waals surface area contributed by atoms with E-state index in [1.54, 1.807) is 19.1 Å². The highest BCUT2D eigenvalue weighted by molar-refractivity contribution is 6.63. The third-order valence-electron chi connectivity index (χ3n) is 2.54. The van der Waals surface area contributed by atoms with E-state index in [9.17, 15) is 9.59 Å². The zero-order valence-electron chi connectivity index (χ0n) is 9.12. The lowest BCUT2D eigenvalue weighted by Gasteiger charge is -2.05. The summed E-state index contributed by atoms with van der Waals surface area (Å²) in [4.78, 5) is 26.0. The van der Waals surface area contributed by atoms with Crippen LogP contribution in [0.1, 0.15) is 11.3 Å². The molecule has 0 bridgehead atoms. The summed E-state index contributed by atoms with van der Waals surface area (Å²) in [6.07, 6.45) is -0.0342. The van der Waals surface area contributed by atoms with Crippen molar-refractivity contribution in [2.24, 2.45) is 0 Å². The molecule has 0 aliphatic heterocycles. The first-order valence-corrected chi connectivity index (χ1v) is 5.26. The van der Waals surface area contributed by atoms with Gasteiger partial charge in [-0.05, 0) is 30.7 Å². The van der Waals surface area contributed by atoms with Gasteiger partial charge in [0.1, 0.15) is 0 Å². The lowest BCUT2D eigenvalue weighted by molar-refractivity contribution is -0.111. The topological polar surface area (TPSA) is 49.9 Å². The van der Waals surface area contributed by atoms with E-state index >= 15 is 0 Å². The van der Waals surface area contributed by atoms with Gasteiger partial charge in [0.25, 0.3) is 0 Å². The van der Waals surface area contributed by atoms with Crippen molar-refractivity contribution >= 4 is 40.2 Å². The van der Waals surface area contributed by atoms with Gasteiger partial charge in [-0.2, -0.15) is 0 Å². The molecule has 1 heterocycles. The smallest absolute Gasteiger partial charge is 0.226 e. The monoisotopic (exact) mass is 271 g/mol. The molecule has 0 saturated carbocycles. The summed E-state index contributed by atoms with van der Waals surface area (Å²) in [7, 11) is 0. The Hall–Kier alpha value is -1.32. The minimum Gasteiger partial charge on any atom is -0.358 e. The maximum atomic E-state index is 12.1. The van der Waals surface area contributed by atoms with E-state index in [4.69, 9.17) is 11.6 Å². The van der Waals surface area contributed by atoms with Crippen molar-refractivity contribution in [1.29, 1.82) is 0 Å². The number of fused-ring (bicyclic) bond motifs is 1. The van der Waals surface area contributed by atoms with E-state index in [2.05, 4.69) is 4.98 Å². The second kappa shape index (κ2) is 5.34. The summed E-state index contributed by atoms with van der Waals surface area (Å²) in [5.41, 5.74) is 1.79. The maximum Gasteiger partial charge on any atom is 0.226 e. The quantitative estimate of drug-likeness (QED) is 0.854. The molecule has 1 aromatic carbocycles. The molecule has 2 rings (SSSR count). The molecule has 2 aromatic rings. The van der Waals surface area contributed by atoms with E-state index in [0.717, 1.165) is 5.52 Å². The van der Waals surface area contributed by atoms with Crippen molar-refractivity contribution in [3.63, 3.8) is 0 Å². The molecule has 0 unspecified atom stereocenters. The van der Waals surface area contributed by atoms with Crippen LogP contribution in [0.3, 0.4) is 0 Å². The minimum atomic E-state index is -0.524. The lowest BCUT2D eigenvalue weighted by Crippen LogP contribution is -2.15. The highest BCUT2D eigenvalue weighted by Crippen LogP contribution is 2.11. The van der Waals surface area contributed by atoms with E-state index in [0.29, 0.717) is 16.6 Å². The molecule has 90 valence electrons. The van der Waals surface area contributed by atoms with E-state index in [-0.39, 0.29) is 24.3 Å². The first-order chi connectivity index (χ1) is 7.59. The lowest BCUT2D eigenvalue weighted by atomic mass is 10.1. The number of halogens is 2. The summed E-state index contributed by atoms with van der Waals surface area (Å²) in [5.74, 6) is 0. The zero-order valence-corrected chi connectivity index (χ0v) is 10.7. The number of para-hydroxylation sites is 1. The number of carbonyl (C=O) groups is 1. The van der Waals surface area contributed by atoms with Crippen LogP contribution in [-0.4, -0.2) is 10.2 Å². The maximum absolute atomic E-state index is 12.1. The molecule has 0 saturated heterocycles. The molecule has 1 N–H and O–H groups in total. The largest absolute Gasteiger partial charge is 0.358 e. The fourth-order valence-electron chi connectivity index (χ4n) is 1.75. The van der Waals surface area contributed by atoms with Crippen molar-refractivity contribution in [2.75, 3.05) is 0 Å². The number of hydrogen-bond donors (Lipinski definition) is 1. The summed E-state index contributed by atoms with van der Waals surface area (Å²) in [5, 5.41) is 0.0601. The molecule has 0 amide bonds. The number of nitrogens with one attached hydrogen (secondary N) is 1. The summed E-state index contributed by atoms with van der Waals surface area (Å²) < 4.78 is 0. The first-order valence-electron chi connectivity index (χ1n) is 4.88. The molecule has 0 fully saturated rings. The molecule has 5 heteroatoms. The molecule has 1 aromatic heterocycles. The number of carbonyl (C=O) groups excluding carboxylic acids is 1. The third-order valence-corrected chi connectivity index (χ3v) is 2.67. The summed E-state index contributed by atoms with van der Waals surface area (Å²) in [6, 6.07) is 7.20. The van der Waals surface area contributed by atoms with Gasteiger partial charge in [0, 0.05) is 22.2 Å². The predicted octanol–water partition coefficient (Wildman–Crippen LogP) is 2.57. The van der Waals surface area contributed by atoms with Gasteiger partial charge in [-0.3, -0.25) is 9.59 Å². The average molecular weight is 272 g/mol. The number of aromatic nitrogens is 1. The summed E-state index contributed by atoms with van der Waals surface area (Å²) in [6.45, 7) is 1.77. The number of benzene rings is 1. The van der Waals surface area contributed by atoms with Crippen LogP contribution in [0.4, 0.5) is 0 Å². The van der Waals surface area contributed by atoms with Crippen LogP contribution >= 0.6 is 24.0 Å². The van der Waals surface area contributed by atoms with Gasteiger partial charge in [-0.15, -0.1) is 12.4 Å². The Bertz CT molecular complexity index is 619. The van der Waals surface area contributed by atoms with Crippen LogP contribution < -0.4 is 5.43 Å². The molecular weight excluding hydrogens is 261 g/mol. The SMILES string of the molecule is Cc1[nH]c2ccccc2c(=O)c1CC(=O)Cl.Cl. The van der Waals surface area contributed by atoms with Gasteiger partial charge in [-0.25, -0.2) is 0 Å². The second-order valence-corrected chi connectivity index (χ2v) is 4.06.